The maximum absolute atomic E-state index is 12.6. The van der Waals surface area contributed by atoms with Crippen molar-refractivity contribution < 1.29 is 8.42 Å². The molecule has 1 N–H and O–H groups in total. The minimum Gasteiger partial charge on any atom is -0.295 e. The number of nitrogens with zero attached hydrogens (tertiary/aromatic N) is 1. The first kappa shape index (κ1) is 17.1. The molecule has 4 nitrogen and oxygen atoms in total. The fourth-order valence-corrected chi connectivity index (χ4v) is 4.21. The zero-order chi connectivity index (χ0) is 17.0. The number of aryl methyl sites for hydroxylation is 1. The molecular weight excluding hydrogens is 320 g/mol. The highest BCUT2D eigenvalue weighted by Crippen LogP contribution is 2.25. The minimum absolute atomic E-state index is 0.0777. The van der Waals surface area contributed by atoms with E-state index in [9.17, 15) is 8.42 Å². The molecule has 0 amide bonds. The molecule has 1 fully saturated rings. The Bertz CT molecular complexity index is 752. The van der Waals surface area contributed by atoms with Gasteiger partial charge in [0.25, 0.3) is 0 Å². The van der Waals surface area contributed by atoms with Gasteiger partial charge < -0.3 is 0 Å². The van der Waals surface area contributed by atoms with Gasteiger partial charge in [0.2, 0.25) is 10.0 Å². The highest BCUT2D eigenvalue weighted by atomic mass is 32.2. The molecule has 1 aliphatic heterocycles. The highest BCUT2D eigenvalue weighted by molar-refractivity contribution is 7.89. The summed E-state index contributed by atoms with van der Waals surface area (Å²) in [7, 11) is -3.49. The summed E-state index contributed by atoms with van der Waals surface area (Å²) in [6.07, 6.45) is 2.35. The molecule has 0 radical (unpaired) electrons. The predicted octanol–water partition coefficient (Wildman–Crippen LogP) is 3.11. The second-order valence-corrected chi connectivity index (χ2v) is 8.10. The molecule has 0 spiro atoms. The average molecular weight is 344 g/mol. The van der Waals surface area contributed by atoms with E-state index in [0.29, 0.717) is 11.4 Å². The third-order valence-electron chi connectivity index (χ3n) is 4.56. The van der Waals surface area contributed by atoms with Crippen LogP contribution < -0.4 is 4.72 Å². The molecule has 1 atom stereocenters. The number of rotatable bonds is 6. The van der Waals surface area contributed by atoms with E-state index < -0.39 is 10.0 Å². The molecule has 2 aromatic carbocycles. The Labute approximate surface area is 144 Å². The van der Waals surface area contributed by atoms with Crippen molar-refractivity contribution in [2.45, 2.75) is 30.7 Å². The van der Waals surface area contributed by atoms with Crippen molar-refractivity contribution in [1.29, 1.82) is 0 Å². The number of hydrogen-bond donors (Lipinski definition) is 1. The Hall–Kier alpha value is -1.69. The SMILES string of the molecule is Cc1ccc(S(=O)(=O)NC[C@@H](c2ccccc2)N2CCCC2)cc1. The lowest BCUT2D eigenvalue weighted by atomic mass is 10.1. The summed E-state index contributed by atoms with van der Waals surface area (Å²) < 4.78 is 27.9. The fraction of sp³-hybridized carbons (Fsp3) is 0.368. The lowest BCUT2D eigenvalue weighted by Crippen LogP contribution is -2.36. The van der Waals surface area contributed by atoms with Crippen LogP contribution in [0.2, 0.25) is 0 Å². The van der Waals surface area contributed by atoms with Crippen LogP contribution >= 0.6 is 0 Å². The second kappa shape index (κ2) is 7.47. The van der Waals surface area contributed by atoms with Crippen LogP contribution in [0.5, 0.6) is 0 Å². The zero-order valence-corrected chi connectivity index (χ0v) is 14.8. The van der Waals surface area contributed by atoms with Crippen LogP contribution in [-0.2, 0) is 10.0 Å². The van der Waals surface area contributed by atoms with Gasteiger partial charge in [-0.2, -0.15) is 0 Å². The summed E-state index contributed by atoms with van der Waals surface area (Å²) in [5.74, 6) is 0. The fourth-order valence-electron chi connectivity index (χ4n) is 3.18. The van der Waals surface area contributed by atoms with E-state index in [2.05, 4.69) is 21.8 Å². The summed E-state index contributed by atoms with van der Waals surface area (Å²) in [4.78, 5) is 2.69. The van der Waals surface area contributed by atoms with E-state index in [-0.39, 0.29) is 6.04 Å². The van der Waals surface area contributed by atoms with Crippen LogP contribution in [0.1, 0.15) is 30.0 Å². The van der Waals surface area contributed by atoms with Gasteiger partial charge in [0, 0.05) is 12.6 Å². The molecule has 3 rings (SSSR count). The van der Waals surface area contributed by atoms with Gasteiger partial charge in [0.1, 0.15) is 0 Å². The van der Waals surface area contributed by atoms with Crippen molar-refractivity contribution >= 4 is 10.0 Å². The molecule has 2 aromatic rings. The molecule has 0 saturated carbocycles. The molecule has 5 heteroatoms. The van der Waals surface area contributed by atoms with E-state index in [1.165, 1.54) is 12.8 Å². The number of benzene rings is 2. The summed E-state index contributed by atoms with van der Waals surface area (Å²) >= 11 is 0. The third kappa shape index (κ3) is 4.04. The Morgan fingerprint density at radius 2 is 1.62 bits per heavy atom. The van der Waals surface area contributed by atoms with E-state index in [4.69, 9.17) is 0 Å². The molecule has 0 aromatic heterocycles. The van der Waals surface area contributed by atoms with Gasteiger partial charge in [0.15, 0.2) is 0 Å². The smallest absolute Gasteiger partial charge is 0.240 e. The van der Waals surface area contributed by atoms with Crippen molar-refractivity contribution in [2.75, 3.05) is 19.6 Å². The van der Waals surface area contributed by atoms with Crippen LogP contribution in [0.15, 0.2) is 59.5 Å². The van der Waals surface area contributed by atoms with Gasteiger partial charge in [0.05, 0.1) is 4.90 Å². The normalized spacial score (nSPS) is 17.0. The zero-order valence-electron chi connectivity index (χ0n) is 14.0. The minimum atomic E-state index is -3.49. The Morgan fingerprint density at radius 1 is 1.00 bits per heavy atom. The second-order valence-electron chi connectivity index (χ2n) is 6.33. The molecule has 1 heterocycles. The molecule has 24 heavy (non-hydrogen) atoms. The highest BCUT2D eigenvalue weighted by Gasteiger charge is 2.25. The topological polar surface area (TPSA) is 49.4 Å². The standard InChI is InChI=1S/C19H24N2O2S/c1-16-9-11-18(12-10-16)24(22,23)20-15-19(21-13-5-6-14-21)17-7-3-2-4-8-17/h2-4,7-12,19-20H,5-6,13-15H2,1H3/t19-/m0/s1. The predicted molar refractivity (Wildman–Crippen MR) is 96.4 cm³/mol. The first-order chi connectivity index (χ1) is 11.6. The molecule has 0 aliphatic carbocycles. The first-order valence-corrected chi connectivity index (χ1v) is 9.90. The Morgan fingerprint density at radius 3 is 2.25 bits per heavy atom. The van der Waals surface area contributed by atoms with Gasteiger partial charge in [-0.1, -0.05) is 48.0 Å². The van der Waals surface area contributed by atoms with Crippen molar-refractivity contribution in [3.63, 3.8) is 0 Å². The van der Waals surface area contributed by atoms with Crippen molar-refractivity contribution in [3.8, 4) is 0 Å². The van der Waals surface area contributed by atoms with E-state index in [1.807, 2.05) is 37.3 Å². The van der Waals surface area contributed by atoms with E-state index in [1.54, 1.807) is 12.1 Å². The lowest BCUT2D eigenvalue weighted by Gasteiger charge is -2.28. The average Bonchev–Trinajstić information content (AvgIpc) is 3.11. The van der Waals surface area contributed by atoms with E-state index >= 15 is 0 Å². The summed E-state index contributed by atoms with van der Waals surface area (Å²) in [6, 6.07) is 17.2. The molecule has 128 valence electrons. The summed E-state index contributed by atoms with van der Waals surface area (Å²) in [6.45, 7) is 4.38. The number of likely N-dealkylation sites (tertiary alicyclic amines) is 1. The quantitative estimate of drug-likeness (QED) is 0.876. The van der Waals surface area contributed by atoms with Crippen LogP contribution in [0, 0.1) is 6.92 Å². The van der Waals surface area contributed by atoms with E-state index in [0.717, 1.165) is 24.2 Å². The lowest BCUT2D eigenvalue weighted by molar-refractivity contribution is 0.246. The maximum atomic E-state index is 12.6. The van der Waals surface area contributed by atoms with Crippen LogP contribution in [-0.4, -0.2) is 33.0 Å². The number of hydrogen-bond acceptors (Lipinski definition) is 3. The largest absolute Gasteiger partial charge is 0.295 e. The van der Waals surface area contributed by atoms with Gasteiger partial charge in [-0.25, -0.2) is 13.1 Å². The molecule has 0 unspecified atom stereocenters. The van der Waals surface area contributed by atoms with Crippen LogP contribution in [0.25, 0.3) is 0 Å². The Kier molecular flexibility index (Phi) is 5.33. The van der Waals surface area contributed by atoms with Crippen LogP contribution in [0.4, 0.5) is 0 Å². The Balaban J connectivity index is 1.76. The number of sulfonamides is 1. The molecule has 0 bridgehead atoms. The van der Waals surface area contributed by atoms with Gasteiger partial charge in [-0.15, -0.1) is 0 Å². The summed E-state index contributed by atoms with van der Waals surface area (Å²) in [5.41, 5.74) is 2.21. The van der Waals surface area contributed by atoms with Crippen molar-refractivity contribution in [2.24, 2.45) is 0 Å². The molecular formula is C19H24N2O2S. The third-order valence-corrected chi connectivity index (χ3v) is 6.00. The number of nitrogens with one attached hydrogen (secondary N) is 1. The van der Waals surface area contributed by atoms with Gasteiger partial charge in [-0.05, 0) is 50.6 Å². The molecule has 1 saturated heterocycles. The van der Waals surface area contributed by atoms with Gasteiger partial charge in [-0.3, -0.25) is 4.90 Å². The summed E-state index contributed by atoms with van der Waals surface area (Å²) in [5, 5.41) is 0. The van der Waals surface area contributed by atoms with Gasteiger partial charge >= 0.3 is 0 Å². The maximum Gasteiger partial charge on any atom is 0.240 e. The molecule has 1 aliphatic rings. The van der Waals surface area contributed by atoms with Crippen molar-refractivity contribution in [3.05, 3.63) is 65.7 Å². The van der Waals surface area contributed by atoms with Crippen molar-refractivity contribution in [1.82, 2.24) is 9.62 Å². The van der Waals surface area contributed by atoms with Crippen LogP contribution in [0.3, 0.4) is 0 Å². The first-order valence-electron chi connectivity index (χ1n) is 8.41. The monoisotopic (exact) mass is 344 g/mol.